The minimum Gasteiger partial charge on any atom is -0.346 e. The summed E-state index contributed by atoms with van der Waals surface area (Å²) in [5.41, 5.74) is 2.22. The number of thiophene rings is 1. The van der Waals surface area contributed by atoms with Crippen LogP contribution in [0.3, 0.4) is 0 Å². The zero-order valence-electron chi connectivity index (χ0n) is 14.3. The Bertz CT molecular complexity index is 1040. The van der Waals surface area contributed by atoms with Gasteiger partial charge < -0.3 is 5.32 Å². The molecule has 1 aromatic carbocycles. The van der Waals surface area contributed by atoms with E-state index in [4.69, 9.17) is 0 Å². The quantitative estimate of drug-likeness (QED) is 0.727. The molecule has 0 aliphatic rings. The Morgan fingerprint density at radius 2 is 1.96 bits per heavy atom. The van der Waals surface area contributed by atoms with Gasteiger partial charge in [0, 0.05) is 6.20 Å². The second-order valence-electron chi connectivity index (χ2n) is 5.77. The first kappa shape index (κ1) is 18.2. The summed E-state index contributed by atoms with van der Waals surface area (Å²) in [5, 5.41) is 4.30. The van der Waals surface area contributed by atoms with E-state index in [2.05, 4.69) is 15.3 Å². The largest absolute Gasteiger partial charge is 0.346 e. The van der Waals surface area contributed by atoms with Gasteiger partial charge in [-0.3, -0.25) is 14.8 Å². The summed E-state index contributed by atoms with van der Waals surface area (Å²) in [6.07, 6.45) is 3.19. The van der Waals surface area contributed by atoms with Crippen molar-refractivity contribution in [2.45, 2.75) is 30.2 Å². The van der Waals surface area contributed by atoms with Gasteiger partial charge in [0.05, 0.1) is 33.9 Å². The smallest absolute Gasteiger partial charge is 0.263 e. The molecule has 3 rings (SSSR count). The van der Waals surface area contributed by atoms with E-state index in [1.165, 1.54) is 12.1 Å². The number of amides is 1. The van der Waals surface area contributed by atoms with E-state index in [0.717, 1.165) is 22.6 Å². The van der Waals surface area contributed by atoms with E-state index < -0.39 is 15.7 Å². The number of hydrogen-bond acceptors (Lipinski definition) is 6. The van der Waals surface area contributed by atoms with Crippen molar-refractivity contribution in [2.24, 2.45) is 0 Å². The molecule has 0 aliphatic heterocycles. The van der Waals surface area contributed by atoms with Gasteiger partial charge in [-0.25, -0.2) is 8.42 Å². The summed E-state index contributed by atoms with van der Waals surface area (Å²) in [4.78, 5) is 21.1. The summed E-state index contributed by atoms with van der Waals surface area (Å²) in [6, 6.07) is 8.09. The number of sulfone groups is 1. The molecule has 26 heavy (non-hydrogen) atoms. The minimum absolute atomic E-state index is 0.0144. The minimum atomic E-state index is -3.76. The zero-order chi connectivity index (χ0) is 18.7. The van der Waals surface area contributed by atoms with Crippen molar-refractivity contribution >= 4 is 27.1 Å². The van der Waals surface area contributed by atoms with Crippen LogP contribution >= 0.6 is 11.3 Å². The highest BCUT2D eigenvalue weighted by Gasteiger charge is 2.26. The first-order valence-corrected chi connectivity index (χ1v) is 10.2. The van der Waals surface area contributed by atoms with Gasteiger partial charge in [0.25, 0.3) is 5.91 Å². The van der Waals surface area contributed by atoms with Crippen molar-refractivity contribution in [1.82, 2.24) is 15.3 Å². The fourth-order valence-corrected chi connectivity index (χ4v) is 5.05. The van der Waals surface area contributed by atoms with Crippen molar-refractivity contribution in [3.05, 3.63) is 69.9 Å². The van der Waals surface area contributed by atoms with Crippen molar-refractivity contribution in [3.63, 3.8) is 0 Å². The first-order chi connectivity index (χ1) is 12.4. The predicted molar refractivity (Wildman–Crippen MR) is 98.9 cm³/mol. The number of nitrogens with one attached hydrogen (secondary N) is 1. The van der Waals surface area contributed by atoms with E-state index in [9.17, 15) is 13.2 Å². The van der Waals surface area contributed by atoms with Crippen LogP contribution in [0.15, 0.2) is 57.9 Å². The molecule has 1 N–H and O–H groups in total. The molecule has 0 aliphatic carbocycles. The molecular formula is C18H17N3O3S2. The Morgan fingerprint density at radius 1 is 1.15 bits per heavy atom. The highest BCUT2D eigenvalue weighted by molar-refractivity contribution is 7.91. The number of benzene rings is 1. The lowest BCUT2D eigenvalue weighted by molar-refractivity contribution is 0.0951. The molecular weight excluding hydrogens is 370 g/mol. The summed E-state index contributed by atoms with van der Waals surface area (Å²) in [5.74, 6) is -0.450. The number of aryl methyl sites for hydroxylation is 2. The molecule has 3 aromatic rings. The number of carbonyl (C=O) groups is 1. The number of rotatable bonds is 5. The van der Waals surface area contributed by atoms with Crippen LogP contribution in [0.2, 0.25) is 0 Å². The predicted octanol–water partition coefficient (Wildman–Crippen LogP) is 2.92. The van der Waals surface area contributed by atoms with E-state index in [-0.39, 0.29) is 21.2 Å². The Labute approximate surface area is 155 Å². The number of hydrogen-bond donors (Lipinski definition) is 1. The molecule has 6 nitrogen and oxygen atoms in total. The van der Waals surface area contributed by atoms with Crippen LogP contribution in [0.25, 0.3) is 0 Å². The fourth-order valence-electron chi connectivity index (χ4n) is 2.35. The third kappa shape index (κ3) is 3.81. The Balaban J connectivity index is 1.83. The molecule has 0 atom stereocenters. The average Bonchev–Trinajstić information content (AvgIpc) is 3.12. The van der Waals surface area contributed by atoms with Crippen LogP contribution in [-0.2, 0) is 16.4 Å². The molecule has 1 amide bonds. The molecule has 134 valence electrons. The topological polar surface area (TPSA) is 89.0 Å². The summed E-state index contributed by atoms with van der Waals surface area (Å²) in [6.45, 7) is 3.82. The van der Waals surface area contributed by atoms with E-state index in [1.807, 2.05) is 19.9 Å². The maximum absolute atomic E-state index is 12.9. The Kier molecular flexibility index (Phi) is 5.15. The summed E-state index contributed by atoms with van der Waals surface area (Å²) in [7, 11) is -3.76. The van der Waals surface area contributed by atoms with Gasteiger partial charge in [-0.05, 0) is 43.0 Å². The molecule has 0 radical (unpaired) electrons. The summed E-state index contributed by atoms with van der Waals surface area (Å²) >= 11 is 1.09. The first-order valence-electron chi connectivity index (χ1n) is 7.83. The third-order valence-corrected chi connectivity index (χ3v) is 6.53. The van der Waals surface area contributed by atoms with Gasteiger partial charge in [-0.2, -0.15) is 0 Å². The van der Waals surface area contributed by atoms with Crippen LogP contribution in [0, 0.1) is 13.8 Å². The SMILES string of the molecule is Cc1cccc(S(=O)(=O)c2ccsc2C(=O)NCc2cnc(C)cn2)c1. The maximum Gasteiger partial charge on any atom is 0.263 e. The van der Waals surface area contributed by atoms with Gasteiger partial charge in [-0.15, -0.1) is 11.3 Å². The van der Waals surface area contributed by atoms with Gasteiger partial charge in [0.1, 0.15) is 4.88 Å². The Hall–Kier alpha value is -2.58. The van der Waals surface area contributed by atoms with Crippen LogP contribution in [0.5, 0.6) is 0 Å². The van der Waals surface area contributed by atoms with E-state index >= 15 is 0 Å². The molecule has 0 bridgehead atoms. The lowest BCUT2D eigenvalue weighted by atomic mass is 10.2. The average molecular weight is 387 g/mol. The highest BCUT2D eigenvalue weighted by atomic mass is 32.2. The van der Waals surface area contributed by atoms with E-state index in [0.29, 0.717) is 5.69 Å². The van der Waals surface area contributed by atoms with Crippen molar-refractivity contribution in [1.29, 1.82) is 0 Å². The lowest BCUT2D eigenvalue weighted by Gasteiger charge is -2.08. The molecule has 0 unspecified atom stereocenters. The normalized spacial score (nSPS) is 11.3. The number of aromatic nitrogens is 2. The van der Waals surface area contributed by atoms with E-state index in [1.54, 1.807) is 29.9 Å². The molecule has 2 aromatic heterocycles. The molecule has 2 heterocycles. The zero-order valence-corrected chi connectivity index (χ0v) is 15.9. The number of carbonyl (C=O) groups excluding carboxylic acids is 1. The van der Waals surface area contributed by atoms with Crippen molar-refractivity contribution < 1.29 is 13.2 Å². The molecule has 0 spiro atoms. The van der Waals surface area contributed by atoms with Crippen LogP contribution < -0.4 is 5.32 Å². The fraction of sp³-hybridized carbons (Fsp3) is 0.167. The van der Waals surface area contributed by atoms with Crippen molar-refractivity contribution in [2.75, 3.05) is 0 Å². The number of nitrogens with zero attached hydrogens (tertiary/aromatic N) is 2. The second-order valence-corrected chi connectivity index (χ2v) is 8.60. The lowest BCUT2D eigenvalue weighted by Crippen LogP contribution is -2.24. The van der Waals surface area contributed by atoms with Crippen LogP contribution in [0.4, 0.5) is 0 Å². The maximum atomic E-state index is 12.9. The monoisotopic (exact) mass is 387 g/mol. The Morgan fingerprint density at radius 3 is 2.65 bits per heavy atom. The van der Waals surface area contributed by atoms with Gasteiger partial charge >= 0.3 is 0 Å². The van der Waals surface area contributed by atoms with Gasteiger partial charge in [-0.1, -0.05) is 12.1 Å². The van der Waals surface area contributed by atoms with Gasteiger partial charge in [0.2, 0.25) is 9.84 Å². The molecule has 0 saturated heterocycles. The third-order valence-electron chi connectivity index (χ3n) is 3.69. The standard InChI is InChI=1S/C18H17N3O3S2/c1-12-4-3-5-15(8-12)26(23,24)16-6-7-25-17(16)18(22)21-11-14-10-19-13(2)9-20-14/h3-10H,11H2,1-2H3,(H,21,22). The van der Waals surface area contributed by atoms with Crippen LogP contribution in [-0.4, -0.2) is 24.3 Å². The highest BCUT2D eigenvalue weighted by Crippen LogP contribution is 2.28. The molecule has 8 heteroatoms. The van der Waals surface area contributed by atoms with Crippen molar-refractivity contribution in [3.8, 4) is 0 Å². The van der Waals surface area contributed by atoms with Gasteiger partial charge in [0.15, 0.2) is 0 Å². The second kappa shape index (κ2) is 7.35. The summed E-state index contributed by atoms with van der Waals surface area (Å²) < 4.78 is 25.8. The molecule has 0 saturated carbocycles. The molecule has 0 fully saturated rings. The van der Waals surface area contributed by atoms with Crippen LogP contribution in [0.1, 0.15) is 26.6 Å².